The maximum atomic E-state index is 12.5. The lowest BCUT2D eigenvalue weighted by molar-refractivity contribution is -0.153. The summed E-state index contributed by atoms with van der Waals surface area (Å²) in [6.45, 7) is 6.99. The second-order valence-electron chi connectivity index (χ2n) is 7.12. The molecule has 0 radical (unpaired) electrons. The van der Waals surface area contributed by atoms with E-state index in [0.717, 1.165) is 0 Å². The number of aromatic nitrogens is 1. The van der Waals surface area contributed by atoms with Crippen LogP contribution in [0.1, 0.15) is 26.5 Å². The molecular weight excluding hydrogens is 374 g/mol. The largest absolute Gasteiger partial charge is 0.459 e. The molecule has 2 heterocycles. The number of esters is 1. The van der Waals surface area contributed by atoms with Gasteiger partial charge in [0, 0.05) is 39.3 Å². The molecular formula is C16H27N5O5S. The fraction of sp³-hybridized carbons (Fsp3) is 0.688. The molecule has 0 amide bonds. The fourth-order valence-corrected chi connectivity index (χ4v) is 4.05. The molecule has 10 nitrogen and oxygen atoms in total. The highest BCUT2D eigenvalue weighted by atomic mass is 32.2. The third-order valence-electron chi connectivity index (χ3n) is 3.78. The molecule has 11 heteroatoms. The Kier molecular flexibility index (Phi) is 6.82. The minimum absolute atomic E-state index is 0.00534. The van der Waals surface area contributed by atoms with Crippen LogP contribution in [0.5, 0.6) is 0 Å². The van der Waals surface area contributed by atoms with Crippen molar-refractivity contribution >= 4 is 22.0 Å². The van der Waals surface area contributed by atoms with Crippen LogP contribution < -0.4 is 5.32 Å². The highest BCUT2D eigenvalue weighted by molar-refractivity contribution is 7.88. The maximum Gasteiger partial charge on any atom is 0.325 e. The monoisotopic (exact) mass is 401 g/mol. The van der Waals surface area contributed by atoms with Crippen molar-refractivity contribution in [3.8, 4) is 0 Å². The van der Waals surface area contributed by atoms with E-state index in [4.69, 9.17) is 4.74 Å². The van der Waals surface area contributed by atoms with Gasteiger partial charge < -0.3 is 19.5 Å². The molecule has 1 fully saturated rings. The van der Waals surface area contributed by atoms with Gasteiger partial charge in [-0.15, -0.1) is 0 Å². The number of sulfonamides is 1. The average Bonchev–Trinajstić information content (AvgIpc) is 3.06. The molecule has 0 bridgehead atoms. The van der Waals surface area contributed by atoms with Gasteiger partial charge in [0.05, 0.1) is 5.69 Å². The molecule has 2 rings (SSSR count). The van der Waals surface area contributed by atoms with Gasteiger partial charge >= 0.3 is 5.97 Å². The first-order chi connectivity index (χ1) is 12.6. The van der Waals surface area contributed by atoms with E-state index in [9.17, 15) is 13.2 Å². The molecule has 1 saturated heterocycles. The molecule has 0 atom stereocenters. The Bertz CT molecular complexity index is 747. The predicted octanol–water partition coefficient (Wildman–Crippen LogP) is 0.0391. The zero-order valence-electron chi connectivity index (χ0n) is 16.1. The zero-order valence-corrected chi connectivity index (χ0v) is 17.0. The highest BCUT2D eigenvalue weighted by Gasteiger charge is 2.29. The summed E-state index contributed by atoms with van der Waals surface area (Å²) in [5, 5.41) is 6.62. The summed E-state index contributed by atoms with van der Waals surface area (Å²) in [7, 11) is -1.84. The van der Waals surface area contributed by atoms with Crippen LogP contribution in [0.2, 0.25) is 0 Å². The Labute approximate surface area is 159 Å². The quantitative estimate of drug-likeness (QED) is 0.417. The van der Waals surface area contributed by atoms with Crippen molar-refractivity contribution in [2.24, 2.45) is 4.99 Å². The molecule has 1 N–H and O–H groups in total. The molecule has 0 aromatic carbocycles. The Morgan fingerprint density at radius 2 is 2.00 bits per heavy atom. The number of nitrogens with one attached hydrogen (secondary N) is 1. The van der Waals surface area contributed by atoms with Gasteiger partial charge in [-0.3, -0.25) is 9.79 Å². The maximum absolute atomic E-state index is 12.5. The number of hydrogen-bond acceptors (Lipinski definition) is 7. The SMILES string of the molecule is CN=C(NCC(=O)OC(C)(C)C)N1CCN(S(=O)(=O)Cc2ccon2)CC1. The van der Waals surface area contributed by atoms with Crippen LogP contribution in [0.15, 0.2) is 21.8 Å². The molecule has 0 saturated carbocycles. The molecule has 1 aromatic rings. The summed E-state index contributed by atoms with van der Waals surface area (Å²) < 4.78 is 36.3. The van der Waals surface area contributed by atoms with Crippen molar-refractivity contribution in [2.45, 2.75) is 32.1 Å². The summed E-state index contributed by atoms with van der Waals surface area (Å²) in [6, 6.07) is 1.54. The third-order valence-corrected chi connectivity index (χ3v) is 5.59. The number of rotatable bonds is 5. The summed E-state index contributed by atoms with van der Waals surface area (Å²) >= 11 is 0. The topological polar surface area (TPSA) is 117 Å². The van der Waals surface area contributed by atoms with Crippen LogP contribution in [0.3, 0.4) is 0 Å². The average molecular weight is 401 g/mol. The van der Waals surface area contributed by atoms with E-state index in [2.05, 4.69) is 20.0 Å². The van der Waals surface area contributed by atoms with E-state index in [0.29, 0.717) is 37.8 Å². The molecule has 152 valence electrons. The lowest BCUT2D eigenvalue weighted by atomic mass is 10.2. The summed E-state index contributed by atoms with van der Waals surface area (Å²) in [4.78, 5) is 17.9. The van der Waals surface area contributed by atoms with Crippen molar-refractivity contribution in [2.75, 3.05) is 39.8 Å². The van der Waals surface area contributed by atoms with E-state index in [-0.39, 0.29) is 18.3 Å². The van der Waals surface area contributed by atoms with E-state index in [1.807, 2.05) is 4.90 Å². The molecule has 0 aliphatic carbocycles. The van der Waals surface area contributed by atoms with Gasteiger partial charge in [0.15, 0.2) is 5.96 Å². The fourth-order valence-electron chi connectivity index (χ4n) is 2.63. The predicted molar refractivity (Wildman–Crippen MR) is 99.5 cm³/mol. The number of guanidine groups is 1. The number of ether oxygens (including phenoxy) is 1. The van der Waals surface area contributed by atoms with E-state index in [1.165, 1.54) is 16.6 Å². The van der Waals surface area contributed by atoms with E-state index < -0.39 is 15.6 Å². The minimum Gasteiger partial charge on any atom is -0.459 e. The standard InChI is InChI=1S/C16H27N5O5S/c1-16(2,3)26-14(22)11-18-15(17-4)20-6-8-21(9-7-20)27(23,24)12-13-5-10-25-19-13/h5,10H,6-9,11-12H2,1-4H3,(H,17,18). The van der Waals surface area contributed by atoms with Crippen LogP contribution in [0.4, 0.5) is 0 Å². The first kappa shape index (κ1) is 21.2. The van der Waals surface area contributed by atoms with Crippen LogP contribution in [0.25, 0.3) is 0 Å². The number of piperazine rings is 1. The smallest absolute Gasteiger partial charge is 0.325 e. The Balaban J connectivity index is 1.85. The third kappa shape index (κ3) is 6.51. The Hall–Kier alpha value is -2.14. The molecule has 1 aliphatic rings. The number of carbonyl (C=O) groups excluding carboxylic acids is 1. The van der Waals surface area contributed by atoms with Crippen LogP contribution >= 0.6 is 0 Å². The van der Waals surface area contributed by atoms with Crippen molar-refractivity contribution in [3.63, 3.8) is 0 Å². The number of aliphatic imine (C=N–C) groups is 1. The molecule has 27 heavy (non-hydrogen) atoms. The molecule has 0 spiro atoms. The molecule has 1 aromatic heterocycles. The van der Waals surface area contributed by atoms with Crippen LogP contribution in [0, 0.1) is 0 Å². The first-order valence-corrected chi connectivity index (χ1v) is 10.3. The Morgan fingerprint density at radius 3 is 2.52 bits per heavy atom. The number of hydrogen-bond donors (Lipinski definition) is 1. The van der Waals surface area contributed by atoms with Gasteiger partial charge in [0.1, 0.15) is 24.2 Å². The highest BCUT2D eigenvalue weighted by Crippen LogP contribution is 2.13. The Morgan fingerprint density at radius 1 is 1.33 bits per heavy atom. The van der Waals surface area contributed by atoms with Crippen molar-refractivity contribution < 1.29 is 22.5 Å². The minimum atomic E-state index is -3.46. The van der Waals surface area contributed by atoms with Crippen molar-refractivity contribution in [3.05, 3.63) is 18.0 Å². The van der Waals surface area contributed by atoms with Gasteiger partial charge in [-0.1, -0.05) is 5.16 Å². The summed E-state index contributed by atoms with van der Waals surface area (Å²) in [6.07, 6.45) is 1.35. The molecule has 1 aliphatic heterocycles. The second kappa shape index (κ2) is 8.70. The molecule has 0 unspecified atom stereocenters. The number of carbonyl (C=O) groups is 1. The van der Waals surface area contributed by atoms with Gasteiger partial charge in [-0.2, -0.15) is 4.31 Å². The lowest BCUT2D eigenvalue weighted by Crippen LogP contribution is -2.54. The lowest BCUT2D eigenvalue weighted by Gasteiger charge is -2.35. The normalized spacial score (nSPS) is 17.0. The van der Waals surface area contributed by atoms with Crippen LogP contribution in [-0.2, 0) is 25.3 Å². The van der Waals surface area contributed by atoms with Crippen LogP contribution in [-0.4, -0.2) is 80.1 Å². The summed E-state index contributed by atoms with van der Waals surface area (Å²) in [5.41, 5.74) is -0.168. The second-order valence-corrected chi connectivity index (χ2v) is 9.09. The van der Waals surface area contributed by atoms with E-state index >= 15 is 0 Å². The zero-order chi connectivity index (χ0) is 20.1. The van der Waals surface area contributed by atoms with E-state index in [1.54, 1.807) is 27.8 Å². The van der Waals surface area contributed by atoms with Crippen molar-refractivity contribution in [1.82, 2.24) is 19.7 Å². The number of nitrogens with zero attached hydrogens (tertiary/aromatic N) is 4. The van der Waals surface area contributed by atoms with Crippen molar-refractivity contribution in [1.29, 1.82) is 0 Å². The van der Waals surface area contributed by atoms with Gasteiger partial charge in [-0.05, 0) is 20.8 Å². The van der Waals surface area contributed by atoms with Gasteiger partial charge in [-0.25, -0.2) is 8.42 Å². The van der Waals surface area contributed by atoms with Gasteiger partial charge in [0.2, 0.25) is 10.0 Å². The summed E-state index contributed by atoms with van der Waals surface area (Å²) in [5.74, 6) is -0.0262. The van der Waals surface area contributed by atoms with Gasteiger partial charge in [0.25, 0.3) is 0 Å². The first-order valence-electron chi connectivity index (χ1n) is 8.65.